The lowest BCUT2D eigenvalue weighted by atomic mass is 10.2. The summed E-state index contributed by atoms with van der Waals surface area (Å²) in [6, 6.07) is 0. The van der Waals surface area contributed by atoms with Gasteiger partial charge >= 0.3 is 0 Å². The first kappa shape index (κ1) is 13.3. The molecule has 2 aromatic heterocycles. The summed E-state index contributed by atoms with van der Waals surface area (Å²) in [5.41, 5.74) is 3.36. The number of anilines is 2. The smallest absolute Gasteiger partial charge is 0.224 e. The van der Waals surface area contributed by atoms with E-state index in [9.17, 15) is 0 Å². The number of nitrogens with zero attached hydrogens (tertiary/aromatic N) is 4. The Morgan fingerprint density at radius 2 is 2.00 bits per heavy atom. The normalized spacial score (nSPS) is 10.5. The topological polar surface area (TPSA) is 67.7 Å². The van der Waals surface area contributed by atoms with Crippen LogP contribution in [-0.4, -0.2) is 26.3 Å². The van der Waals surface area contributed by atoms with E-state index in [4.69, 9.17) is 0 Å². The highest BCUT2D eigenvalue weighted by Gasteiger charge is 2.06. The Morgan fingerprint density at radius 1 is 1.21 bits per heavy atom. The summed E-state index contributed by atoms with van der Waals surface area (Å²) in [7, 11) is 1.94. The molecule has 2 rings (SSSR count). The highest BCUT2D eigenvalue weighted by Crippen LogP contribution is 2.14. The Labute approximate surface area is 113 Å². The standard InChI is InChI=1S/C13H20N6/c1-5-14-13-16-6-9(2)12(18-13)15-7-11-8-17-19(4)10(11)3/h6,8H,5,7H2,1-4H3,(H2,14,15,16,18). The number of hydrogen-bond donors (Lipinski definition) is 2. The Morgan fingerprint density at radius 3 is 2.63 bits per heavy atom. The fourth-order valence-corrected chi connectivity index (χ4v) is 1.76. The largest absolute Gasteiger partial charge is 0.365 e. The molecule has 0 unspecified atom stereocenters. The van der Waals surface area contributed by atoms with Crippen LogP contribution in [0.4, 0.5) is 11.8 Å². The second kappa shape index (κ2) is 5.69. The van der Waals surface area contributed by atoms with Crippen LogP contribution in [0, 0.1) is 13.8 Å². The van der Waals surface area contributed by atoms with Crippen molar-refractivity contribution in [2.75, 3.05) is 17.2 Å². The number of nitrogens with one attached hydrogen (secondary N) is 2. The van der Waals surface area contributed by atoms with E-state index in [2.05, 4.69) is 32.6 Å². The van der Waals surface area contributed by atoms with Gasteiger partial charge in [-0.2, -0.15) is 10.1 Å². The summed E-state index contributed by atoms with van der Waals surface area (Å²) in [6.07, 6.45) is 3.70. The molecule has 0 bridgehead atoms. The summed E-state index contributed by atoms with van der Waals surface area (Å²) < 4.78 is 1.87. The van der Waals surface area contributed by atoms with Crippen molar-refractivity contribution in [2.45, 2.75) is 27.3 Å². The zero-order valence-corrected chi connectivity index (χ0v) is 11.9. The first-order chi connectivity index (χ1) is 9.11. The monoisotopic (exact) mass is 260 g/mol. The van der Waals surface area contributed by atoms with Crippen LogP contribution < -0.4 is 10.6 Å². The first-order valence-corrected chi connectivity index (χ1v) is 6.40. The lowest BCUT2D eigenvalue weighted by Crippen LogP contribution is -2.08. The number of rotatable bonds is 5. The molecular weight excluding hydrogens is 240 g/mol. The predicted octanol–water partition coefficient (Wildman–Crippen LogP) is 1.87. The van der Waals surface area contributed by atoms with Gasteiger partial charge in [0.25, 0.3) is 0 Å². The molecule has 0 amide bonds. The third-order valence-corrected chi connectivity index (χ3v) is 3.09. The molecule has 0 atom stereocenters. The van der Waals surface area contributed by atoms with Gasteiger partial charge in [-0.1, -0.05) is 0 Å². The minimum Gasteiger partial charge on any atom is -0.365 e. The number of aromatic nitrogens is 4. The summed E-state index contributed by atoms with van der Waals surface area (Å²) in [5, 5.41) is 10.7. The van der Waals surface area contributed by atoms with Gasteiger partial charge in [0.05, 0.1) is 6.20 Å². The Hall–Kier alpha value is -2.11. The van der Waals surface area contributed by atoms with Gasteiger partial charge in [-0.25, -0.2) is 4.98 Å². The lowest BCUT2D eigenvalue weighted by Gasteiger charge is -2.10. The maximum atomic E-state index is 4.45. The fourth-order valence-electron chi connectivity index (χ4n) is 1.76. The van der Waals surface area contributed by atoms with Gasteiger partial charge in [-0.3, -0.25) is 4.68 Å². The maximum absolute atomic E-state index is 4.45. The number of aryl methyl sites for hydroxylation is 2. The van der Waals surface area contributed by atoms with Crippen LogP contribution in [-0.2, 0) is 13.6 Å². The Bertz CT molecular complexity index is 560. The van der Waals surface area contributed by atoms with E-state index < -0.39 is 0 Å². The quantitative estimate of drug-likeness (QED) is 0.859. The third kappa shape index (κ3) is 3.01. The average Bonchev–Trinajstić information content (AvgIpc) is 2.71. The van der Waals surface area contributed by atoms with Crippen molar-refractivity contribution in [1.29, 1.82) is 0 Å². The molecule has 0 aromatic carbocycles. The van der Waals surface area contributed by atoms with Crippen molar-refractivity contribution >= 4 is 11.8 Å². The number of hydrogen-bond acceptors (Lipinski definition) is 5. The molecule has 0 fully saturated rings. The van der Waals surface area contributed by atoms with E-state index in [1.54, 1.807) is 0 Å². The van der Waals surface area contributed by atoms with Gasteiger partial charge in [0.2, 0.25) is 5.95 Å². The zero-order chi connectivity index (χ0) is 13.8. The summed E-state index contributed by atoms with van der Waals surface area (Å²) in [6.45, 7) is 7.59. The van der Waals surface area contributed by atoms with E-state index in [1.807, 2.05) is 38.0 Å². The molecule has 2 heterocycles. The third-order valence-electron chi connectivity index (χ3n) is 3.09. The maximum Gasteiger partial charge on any atom is 0.224 e. The van der Waals surface area contributed by atoms with Crippen LogP contribution in [0.25, 0.3) is 0 Å². The van der Waals surface area contributed by atoms with Crippen molar-refractivity contribution < 1.29 is 0 Å². The van der Waals surface area contributed by atoms with Crippen LogP contribution in [0.1, 0.15) is 23.7 Å². The Balaban J connectivity index is 2.10. The predicted molar refractivity (Wildman–Crippen MR) is 76.2 cm³/mol. The van der Waals surface area contributed by atoms with Gasteiger partial charge in [0.15, 0.2) is 0 Å². The molecule has 102 valence electrons. The van der Waals surface area contributed by atoms with Gasteiger partial charge in [-0.05, 0) is 20.8 Å². The molecule has 0 aliphatic rings. The second-order valence-corrected chi connectivity index (χ2v) is 4.49. The minimum atomic E-state index is 0.651. The Kier molecular flexibility index (Phi) is 3.99. The molecule has 0 spiro atoms. The summed E-state index contributed by atoms with van der Waals surface area (Å²) in [4.78, 5) is 8.68. The first-order valence-electron chi connectivity index (χ1n) is 6.40. The molecule has 19 heavy (non-hydrogen) atoms. The zero-order valence-electron chi connectivity index (χ0n) is 11.9. The molecule has 6 heteroatoms. The van der Waals surface area contributed by atoms with Gasteiger partial charge in [-0.15, -0.1) is 0 Å². The van der Waals surface area contributed by atoms with Crippen molar-refractivity contribution in [2.24, 2.45) is 7.05 Å². The van der Waals surface area contributed by atoms with E-state index in [0.29, 0.717) is 12.5 Å². The second-order valence-electron chi connectivity index (χ2n) is 4.49. The molecule has 2 N–H and O–H groups in total. The molecule has 0 saturated carbocycles. The van der Waals surface area contributed by atoms with E-state index in [0.717, 1.165) is 23.6 Å². The van der Waals surface area contributed by atoms with E-state index >= 15 is 0 Å². The fraction of sp³-hybridized carbons (Fsp3) is 0.462. The highest BCUT2D eigenvalue weighted by molar-refractivity contribution is 5.46. The van der Waals surface area contributed by atoms with Crippen molar-refractivity contribution in [3.05, 3.63) is 29.2 Å². The average molecular weight is 260 g/mol. The molecule has 6 nitrogen and oxygen atoms in total. The minimum absolute atomic E-state index is 0.651. The molecule has 2 aromatic rings. The lowest BCUT2D eigenvalue weighted by molar-refractivity contribution is 0.738. The van der Waals surface area contributed by atoms with Crippen molar-refractivity contribution in [1.82, 2.24) is 19.7 Å². The van der Waals surface area contributed by atoms with Crippen molar-refractivity contribution in [3.8, 4) is 0 Å². The van der Waals surface area contributed by atoms with E-state index in [-0.39, 0.29) is 0 Å². The summed E-state index contributed by atoms with van der Waals surface area (Å²) in [5.74, 6) is 1.51. The van der Waals surface area contributed by atoms with Crippen LogP contribution in [0.15, 0.2) is 12.4 Å². The van der Waals surface area contributed by atoms with Gasteiger partial charge in [0.1, 0.15) is 5.82 Å². The molecule has 0 saturated heterocycles. The molecule has 0 radical (unpaired) electrons. The molecule has 0 aliphatic carbocycles. The van der Waals surface area contributed by atoms with E-state index in [1.165, 1.54) is 5.56 Å². The molecule has 0 aliphatic heterocycles. The van der Waals surface area contributed by atoms with Crippen LogP contribution in [0.2, 0.25) is 0 Å². The van der Waals surface area contributed by atoms with Crippen LogP contribution in [0.3, 0.4) is 0 Å². The summed E-state index contributed by atoms with van der Waals surface area (Å²) >= 11 is 0. The van der Waals surface area contributed by atoms with Gasteiger partial charge < -0.3 is 10.6 Å². The molecular formula is C13H20N6. The highest BCUT2D eigenvalue weighted by atomic mass is 15.3. The van der Waals surface area contributed by atoms with Crippen LogP contribution in [0.5, 0.6) is 0 Å². The van der Waals surface area contributed by atoms with Gasteiger partial charge in [0, 0.05) is 43.2 Å². The van der Waals surface area contributed by atoms with Crippen LogP contribution >= 0.6 is 0 Å². The van der Waals surface area contributed by atoms with Crippen molar-refractivity contribution in [3.63, 3.8) is 0 Å². The SMILES string of the molecule is CCNc1ncc(C)c(NCc2cnn(C)c2C)n1.